The molecule has 0 amide bonds. The summed E-state index contributed by atoms with van der Waals surface area (Å²) in [7, 11) is -1.80. The van der Waals surface area contributed by atoms with Crippen LogP contribution in [0.5, 0.6) is 5.75 Å². The van der Waals surface area contributed by atoms with Crippen LogP contribution < -0.4 is 9.46 Å². The molecule has 0 radical (unpaired) electrons. The third-order valence-electron chi connectivity index (χ3n) is 6.57. The minimum absolute atomic E-state index is 0.00234. The maximum Gasteiger partial charge on any atom is 0.209 e. The first-order chi connectivity index (χ1) is 18.8. The minimum atomic E-state index is -3.41. The molecule has 39 heavy (non-hydrogen) atoms. The highest BCUT2D eigenvalue weighted by atomic mass is 32.2. The first kappa shape index (κ1) is 24.8. The van der Waals surface area contributed by atoms with Crippen molar-refractivity contribution in [2.75, 3.05) is 13.4 Å². The first-order valence-electron chi connectivity index (χ1n) is 12.1. The lowest BCUT2D eigenvalue weighted by atomic mass is 9.99. The number of rotatable bonds is 7. The third kappa shape index (κ3) is 4.99. The van der Waals surface area contributed by atoms with Crippen molar-refractivity contribution in [3.05, 3.63) is 90.5 Å². The Balaban J connectivity index is 1.42. The van der Waals surface area contributed by atoms with Crippen molar-refractivity contribution in [3.63, 3.8) is 0 Å². The number of aromatic nitrogens is 4. The van der Waals surface area contributed by atoms with Crippen molar-refractivity contribution in [1.82, 2.24) is 24.9 Å². The van der Waals surface area contributed by atoms with E-state index in [1.54, 1.807) is 25.6 Å². The Morgan fingerprint density at radius 2 is 1.79 bits per heavy atom. The molecule has 196 valence electrons. The number of hydrogen-bond donors (Lipinski definition) is 3. The van der Waals surface area contributed by atoms with Crippen molar-refractivity contribution in [2.45, 2.75) is 6.54 Å². The second kappa shape index (κ2) is 9.64. The van der Waals surface area contributed by atoms with Gasteiger partial charge in [-0.2, -0.15) is 5.10 Å². The molecule has 0 bridgehead atoms. The van der Waals surface area contributed by atoms with Crippen LogP contribution in [0.1, 0.15) is 5.56 Å². The quantitative estimate of drug-likeness (QED) is 0.242. The first-order valence-corrected chi connectivity index (χ1v) is 14.0. The zero-order valence-corrected chi connectivity index (χ0v) is 21.9. The van der Waals surface area contributed by atoms with E-state index in [1.165, 1.54) is 12.1 Å². The molecule has 0 aliphatic carbocycles. The highest BCUT2D eigenvalue weighted by Crippen LogP contribution is 2.36. The fourth-order valence-electron chi connectivity index (χ4n) is 4.74. The fourth-order valence-corrected chi connectivity index (χ4v) is 5.17. The molecule has 0 saturated heterocycles. The van der Waals surface area contributed by atoms with Crippen LogP contribution >= 0.6 is 0 Å². The number of nitrogens with zero attached hydrogens (tertiary/aromatic N) is 2. The highest BCUT2D eigenvalue weighted by Gasteiger charge is 2.15. The molecule has 0 aliphatic heterocycles. The van der Waals surface area contributed by atoms with E-state index in [2.05, 4.69) is 31.0 Å². The summed E-state index contributed by atoms with van der Waals surface area (Å²) in [6.45, 7) is 0.00234. The van der Waals surface area contributed by atoms with Gasteiger partial charge in [-0.1, -0.05) is 18.2 Å². The summed E-state index contributed by atoms with van der Waals surface area (Å²) < 4.78 is 45.4. The van der Waals surface area contributed by atoms with Crippen LogP contribution in [-0.4, -0.2) is 41.9 Å². The van der Waals surface area contributed by atoms with Crippen LogP contribution in [0, 0.1) is 5.82 Å². The topological polar surface area (TPSA) is 113 Å². The number of hydrogen-bond acceptors (Lipinski definition) is 5. The van der Waals surface area contributed by atoms with Crippen LogP contribution in [0.25, 0.3) is 55.4 Å². The molecule has 3 aromatic carbocycles. The Kier molecular flexibility index (Phi) is 6.13. The Bertz CT molecular complexity index is 1960. The van der Waals surface area contributed by atoms with Crippen molar-refractivity contribution < 1.29 is 17.5 Å². The Labute approximate surface area is 223 Å². The predicted octanol–water partition coefficient (Wildman–Crippen LogP) is 5.64. The second-order valence-electron chi connectivity index (χ2n) is 9.34. The number of halogens is 1. The summed E-state index contributed by atoms with van der Waals surface area (Å²) in [5, 5.41) is 9.52. The van der Waals surface area contributed by atoms with Gasteiger partial charge in [0, 0.05) is 34.6 Å². The summed E-state index contributed by atoms with van der Waals surface area (Å²) in [6, 6.07) is 20.3. The van der Waals surface area contributed by atoms with Gasteiger partial charge in [0.05, 0.1) is 30.8 Å². The molecule has 3 heterocycles. The van der Waals surface area contributed by atoms with Crippen LogP contribution in [0.3, 0.4) is 0 Å². The molecule has 0 spiro atoms. The van der Waals surface area contributed by atoms with Gasteiger partial charge in [-0.25, -0.2) is 17.5 Å². The van der Waals surface area contributed by atoms with E-state index >= 15 is 0 Å². The number of nitrogens with one attached hydrogen (secondary N) is 3. The average Bonchev–Trinajstić information content (AvgIpc) is 3.55. The van der Waals surface area contributed by atoms with Crippen LogP contribution in [0.2, 0.25) is 0 Å². The molecule has 8 nitrogen and oxygen atoms in total. The van der Waals surface area contributed by atoms with Gasteiger partial charge in [0.15, 0.2) is 0 Å². The highest BCUT2D eigenvalue weighted by molar-refractivity contribution is 7.88. The van der Waals surface area contributed by atoms with E-state index in [-0.39, 0.29) is 6.54 Å². The van der Waals surface area contributed by atoms with E-state index in [4.69, 9.17) is 4.74 Å². The predicted molar refractivity (Wildman–Crippen MR) is 150 cm³/mol. The lowest BCUT2D eigenvalue weighted by Gasteiger charge is -2.08. The van der Waals surface area contributed by atoms with Crippen molar-refractivity contribution in [3.8, 4) is 39.4 Å². The molecule has 6 rings (SSSR count). The molecule has 0 fully saturated rings. The molecule has 10 heteroatoms. The molecule has 0 atom stereocenters. The average molecular weight is 542 g/mol. The summed E-state index contributed by atoms with van der Waals surface area (Å²) in [4.78, 5) is 7.72. The smallest absolute Gasteiger partial charge is 0.209 e. The zero-order chi connectivity index (χ0) is 27.1. The summed E-state index contributed by atoms with van der Waals surface area (Å²) in [6.07, 6.45) is 4.53. The number of pyridine rings is 1. The second-order valence-corrected chi connectivity index (χ2v) is 11.2. The largest absolute Gasteiger partial charge is 0.495 e. The molecule has 0 unspecified atom stereocenters. The van der Waals surface area contributed by atoms with Gasteiger partial charge in [-0.05, 0) is 70.8 Å². The van der Waals surface area contributed by atoms with E-state index in [1.807, 2.05) is 42.5 Å². The third-order valence-corrected chi connectivity index (χ3v) is 7.24. The number of methoxy groups -OCH3 is 1. The molecule has 3 N–H and O–H groups in total. The van der Waals surface area contributed by atoms with E-state index in [0.717, 1.165) is 56.1 Å². The van der Waals surface area contributed by atoms with Crippen molar-refractivity contribution in [2.24, 2.45) is 0 Å². The molecular formula is C29H24FN5O3S. The van der Waals surface area contributed by atoms with E-state index in [9.17, 15) is 12.8 Å². The van der Waals surface area contributed by atoms with Gasteiger partial charge in [0.1, 0.15) is 17.3 Å². The van der Waals surface area contributed by atoms with Gasteiger partial charge in [0.25, 0.3) is 0 Å². The molecule has 3 aromatic heterocycles. The molecule has 0 aliphatic rings. The molecular weight excluding hydrogens is 517 g/mol. The Morgan fingerprint density at radius 3 is 2.62 bits per heavy atom. The molecule has 0 saturated carbocycles. The number of ether oxygens (including phenoxy) is 1. The van der Waals surface area contributed by atoms with Crippen LogP contribution in [0.15, 0.2) is 79.1 Å². The zero-order valence-electron chi connectivity index (χ0n) is 21.1. The van der Waals surface area contributed by atoms with E-state index < -0.39 is 15.8 Å². The van der Waals surface area contributed by atoms with Gasteiger partial charge in [-0.3, -0.25) is 10.1 Å². The lowest BCUT2D eigenvalue weighted by molar-refractivity contribution is 0.413. The number of fused-ring (bicyclic) bond motifs is 2. The Hall–Kier alpha value is -4.54. The van der Waals surface area contributed by atoms with Crippen molar-refractivity contribution >= 4 is 31.8 Å². The number of benzene rings is 3. The van der Waals surface area contributed by atoms with E-state index in [0.29, 0.717) is 16.9 Å². The van der Waals surface area contributed by atoms with Gasteiger partial charge in [0.2, 0.25) is 10.0 Å². The van der Waals surface area contributed by atoms with Crippen LogP contribution in [-0.2, 0) is 16.6 Å². The number of sulfonamides is 1. The van der Waals surface area contributed by atoms with Gasteiger partial charge >= 0.3 is 0 Å². The summed E-state index contributed by atoms with van der Waals surface area (Å²) >= 11 is 0. The summed E-state index contributed by atoms with van der Waals surface area (Å²) in [5.74, 6) is 0.235. The van der Waals surface area contributed by atoms with Gasteiger partial charge < -0.3 is 9.72 Å². The maximum atomic E-state index is 14.6. The molecule has 6 aromatic rings. The summed E-state index contributed by atoms with van der Waals surface area (Å²) in [5.41, 5.74) is 7.21. The fraction of sp³-hybridized carbons (Fsp3) is 0.103. The monoisotopic (exact) mass is 541 g/mol. The number of H-pyrrole nitrogens is 2. The standard InChI is InChI=1S/C29H24FN5O3S/c1-38-22-11-20(15-31-16-22)18-6-7-27-25(12-18)29(35-34-27)28-13-24-23(4-3-5-26(24)33-28)19-8-17(9-21(30)10-19)14-32-39(2,36)37/h3-13,15-16,32-33H,14H2,1-2H3,(H,34,35). The number of aromatic amines is 2. The Morgan fingerprint density at radius 1 is 0.923 bits per heavy atom. The van der Waals surface area contributed by atoms with Crippen LogP contribution in [0.4, 0.5) is 4.39 Å². The normalized spacial score (nSPS) is 11.9. The van der Waals surface area contributed by atoms with Crippen molar-refractivity contribution in [1.29, 1.82) is 0 Å². The SMILES string of the molecule is COc1cncc(-c2ccc3[nH]nc(-c4cc5c(-c6cc(F)cc(CNS(C)(=O)=O)c6)cccc5[nH]4)c3c2)c1. The maximum absolute atomic E-state index is 14.6. The minimum Gasteiger partial charge on any atom is -0.495 e. The lowest BCUT2D eigenvalue weighted by Crippen LogP contribution is -2.21. The van der Waals surface area contributed by atoms with Gasteiger partial charge in [-0.15, -0.1) is 0 Å².